The summed E-state index contributed by atoms with van der Waals surface area (Å²) in [6, 6.07) is 12.1. The van der Waals surface area contributed by atoms with Crippen LogP contribution in [-0.4, -0.2) is 63.4 Å². The van der Waals surface area contributed by atoms with Crippen molar-refractivity contribution in [2.45, 2.75) is 32.2 Å². The molecule has 0 aliphatic carbocycles. The molecule has 1 aliphatic rings. The summed E-state index contributed by atoms with van der Waals surface area (Å²) in [5.74, 6) is -3.01. The predicted molar refractivity (Wildman–Crippen MR) is 159 cm³/mol. The molecule has 5 rings (SSSR count). The van der Waals surface area contributed by atoms with E-state index in [1.165, 1.54) is 36.5 Å². The largest absolute Gasteiger partial charge is 0.480 e. The Hall–Kier alpha value is -5.10. The van der Waals surface area contributed by atoms with Crippen LogP contribution in [0.2, 0.25) is 0 Å². The van der Waals surface area contributed by atoms with E-state index in [2.05, 4.69) is 20.6 Å². The summed E-state index contributed by atoms with van der Waals surface area (Å²) >= 11 is 0. The number of halogens is 2. The second kappa shape index (κ2) is 13.5. The van der Waals surface area contributed by atoms with Gasteiger partial charge in [0.05, 0.1) is 22.6 Å². The number of carbonyl (C=O) groups is 3. The Bertz CT molecular complexity index is 1690. The number of nitrogens with zero attached hydrogens (tertiary/aromatic N) is 2. The number of rotatable bonds is 11. The van der Waals surface area contributed by atoms with E-state index < -0.39 is 29.6 Å². The van der Waals surface area contributed by atoms with Crippen LogP contribution in [0.4, 0.5) is 14.5 Å². The molecule has 2 aromatic heterocycles. The van der Waals surface area contributed by atoms with Gasteiger partial charge >= 0.3 is 5.97 Å². The average molecular weight is 604 g/mol. The van der Waals surface area contributed by atoms with Crippen molar-refractivity contribution in [3.63, 3.8) is 0 Å². The fraction of sp³-hybridized carbons (Fsp3) is 0.250. The lowest BCUT2D eigenvalue weighted by Crippen LogP contribution is -2.37. The number of nitrogens with one attached hydrogen (secondary N) is 3. The highest BCUT2D eigenvalue weighted by Crippen LogP contribution is 2.29. The molecule has 2 aromatic carbocycles. The van der Waals surface area contributed by atoms with Crippen molar-refractivity contribution in [2.24, 2.45) is 0 Å². The quantitative estimate of drug-likeness (QED) is 0.169. The molecule has 3 heterocycles. The fourth-order valence-corrected chi connectivity index (χ4v) is 5.03. The van der Waals surface area contributed by atoms with Gasteiger partial charge in [-0.3, -0.25) is 24.3 Å². The maximum absolute atomic E-state index is 14.6. The Labute approximate surface area is 252 Å². The van der Waals surface area contributed by atoms with E-state index >= 15 is 0 Å². The van der Waals surface area contributed by atoms with E-state index in [4.69, 9.17) is 4.74 Å². The number of aromatic amines is 1. The zero-order chi connectivity index (χ0) is 31.2. The van der Waals surface area contributed by atoms with Crippen molar-refractivity contribution in [2.75, 3.05) is 25.0 Å². The summed E-state index contributed by atoms with van der Waals surface area (Å²) in [5, 5.41) is 14.6. The van der Waals surface area contributed by atoms with Gasteiger partial charge in [-0.15, -0.1) is 0 Å². The first-order valence-corrected chi connectivity index (χ1v) is 14.1. The number of aliphatic carboxylic acids is 1. The third-order valence-electron chi connectivity index (χ3n) is 7.30. The van der Waals surface area contributed by atoms with E-state index in [1.54, 1.807) is 31.3 Å². The number of aromatic nitrogens is 2. The number of H-pyrrole nitrogens is 1. The van der Waals surface area contributed by atoms with Gasteiger partial charge in [-0.2, -0.15) is 0 Å². The zero-order valence-electron chi connectivity index (χ0n) is 23.9. The molecule has 0 radical (unpaired) electrons. The number of amides is 2. The highest BCUT2D eigenvalue weighted by atomic mass is 19.1. The molecule has 1 saturated heterocycles. The van der Waals surface area contributed by atoms with Crippen molar-refractivity contribution in [1.29, 1.82) is 0 Å². The molecule has 0 unspecified atom stereocenters. The van der Waals surface area contributed by atoms with Gasteiger partial charge in [0.2, 0.25) is 0 Å². The van der Waals surface area contributed by atoms with E-state index in [0.717, 1.165) is 24.6 Å². The third-order valence-corrected chi connectivity index (χ3v) is 7.30. The van der Waals surface area contributed by atoms with Crippen LogP contribution in [0.3, 0.4) is 0 Å². The van der Waals surface area contributed by atoms with Crippen molar-refractivity contribution < 1.29 is 33.0 Å². The highest BCUT2D eigenvalue weighted by Gasteiger charge is 2.29. The molecule has 12 heteroatoms. The zero-order valence-corrected chi connectivity index (χ0v) is 23.9. The standard InChI is InChI=1S/C32H31F2N5O5/c1-19-5-7-23(33)25(14-19)38-31(41)20-6-8-24(34)29(16-20)44-22-9-11-35-27(17-22)26-15-21(18-37-26)30(40)36-10-3-13-39-12-2-4-28(39)32(42)43/h5-9,11,14-18,28,37H,2-4,10,12-13H2,1H3,(H,36,40)(H,38,41)(H,42,43)/t28-/m0/s1. The molecule has 10 nitrogen and oxygen atoms in total. The number of carbonyl (C=O) groups excluding carboxylic acids is 2. The lowest BCUT2D eigenvalue weighted by molar-refractivity contribution is -0.142. The van der Waals surface area contributed by atoms with Crippen molar-refractivity contribution in [3.05, 3.63) is 95.3 Å². The van der Waals surface area contributed by atoms with Gasteiger partial charge in [0, 0.05) is 37.1 Å². The number of pyridine rings is 1. The topological polar surface area (TPSA) is 137 Å². The smallest absolute Gasteiger partial charge is 0.320 e. The van der Waals surface area contributed by atoms with Crippen LogP contribution in [0.5, 0.6) is 11.5 Å². The Kier molecular flexibility index (Phi) is 9.29. The molecule has 1 fully saturated rings. The molecule has 44 heavy (non-hydrogen) atoms. The van der Waals surface area contributed by atoms with Gasteiger partial charge < -0.3 is 25.5 Å². The maximum atomic E-state index is 14.6. The third kappa shape index (κ3) is 7.27. The minimum absolute atomic E-state index is 0.00975. The number of carboxylic acids is 1. The number of likely N-dealkylation sites (tertiary alicyclic amines) is 1. The average Bonchev–Trinajstić information content (AvgIpc) is 3.69. The summed E-state index contributed by atoms with van der Waals surface area (Å²) in [6.45, 7) is 3.49. The minimum atomic E-state index is -0.813. The summed E-state index contributed by atoms with van der Waals surface area (Å²) in [5.41, 5.74) is 2.18. The molecular weight excluding hydrogens is 572 g/mol. The van der Waals surface area contributed by atoms with Crippen LogP contribution >= 0.6 is 0 Å². The van der Waals surface area contributed by atoms with Gasteiger partial charge in [0.25, 0.3) is 11.8 Å². The van der Waals surface area contributed by atoms with Crippen LogP contribution in [0.1, 0.15) is 45.5 Å². The normalized spacial score (nSPS) is 14.8. The summed E-state index contributed by atoms with van der Waals surface area (Å²) in [6.07, 6.45) is 5.12. The molecule has 1 atom stereocenters. The van der Waals surface area contributed by atoms with Crippen LogP contribution in [0, 0.1) is 18.6 Å². The number of anilines is 1. The monoisotopic (exact) mass is 603 g/mol. The number of benzene rings is 2. The number of ether oxygens (including phenoxy) is 1. The molecular formula is C32H31F2N5O5. The van der Waals surface area contributed by atoms with Crippen molar-refractivity contribution >= 4 is 23.5 Å². The lowest BCUT2D eigenvalue weighted by Gasteiger charge is -2.20. The maximum Gasteiger partial charge on any atom is 0.320 e. The second-order valence-electron chi connectivity index (χ2n) is 10.5. The first kappa shape index (κ1) is 30.4. The Balaban J connectivity index is 1.20. The molecule has 0 spiro atoms. The molecule has 228 valence electrons. The Morgan fingerprint density at radius 3 is 2.68 bits per heavy atom. The van der Waals surface area contributed by atoms with Gasteiger partial charge in [0.1, 0.15) is 17.6 Å². The first-order chi connectivity index (χ1) is 21.2. The van der Waals surface area contributed by atoms with Crippen molar-refractivity contribution in [1.82, 2.24) is 20.2 Å². The summed E-state index contributed by atoms with van der Waals surface area (Å²) < 4.78 is 34.5. The molecule has 4 aromatic rings. The molecule has 1 aliphatic heterocycles. The SMILES string of the molecule is Cc1ccc(F)c(NC(=O)c2ccc(F)c(Oc3ccnc(-c4cc(C(=O)NCCCN5CCC[C@H]5C(=O)O)c[nH]4)c3)c2)c1. The number of aryl methyl sites for hydroxylation is 1. The van der Waals surface area contributed by atoms with E-state index in [1.807, 2.05) is 4.90 Å². The molecule has 0 bridgehead atoms. The fourth-order valence-electron chi connectivity index (χ4n) is 5.03. The van der Waals surface area contributed by atoms with Crippen LogP contribution in [0.25, 0.3) is 11.4 Å². The Morgan fingerprint density at radius 2 is 1.86 bits per heavy atom. The van der Waals surface area contributed by atoms with Gasteiger partial charge in [-0.1, -0.05) is 6.07 Å². The lowest BCUT2D eigenvalue weighted by atomic mass is 10.1. The van der Waals surface area contributed by atoms with Crippen LogP contribution in [-0.2, 0) is 4.79 Å². The molecule has 4 N–H and O–H groups in total. The van der Waals surface area contributed by atoms with Crippen molar-refractivity contribution in [3.8, 4) is 22.9 Å². The van der Waals surface area contributed by atoms with Gasteiger partial charge in [-0.25, -0.2) is 8.78 Å². The first-order valence-electron chi connectivity index (χ1n) is 14.1. The number of hydrogen-bond acceptors (Lipinski definition) is 6. The van der Waals surface area contributed by atoms with E-state index in [0.29, 0.717) is 42.9 Å². The minimum Gasteiger partial charge on any atom is -0.480 e. The van der Waals surface area contributed by atoms with Gasteiger partial charge in [-0.05, 0) is 80.8 Å². The van der Waals surface area contributed by atoms with Gasteiger partial charge in [0.15, 0.2) is 11.6 Å². The Morgan fingerprint density at radius 1 is 1.05 bits per heavy atom. The van der Waals surface area contributed by atoms with Crippen LogP contribution < -0.4 is 15.4 Å². The van der Waals surface area contributed by atoms with E-state index in [9.17, 15) is 28.3 Å². The molecule has 0 saturated carbocycles. The van der Waals surface area contributed by atoms with Crippen LogP contribution in [0.15, 0.2) is 67.0 Å². The predicted octanol–water partition coefficient (Wildman–Crippen LogP) is 5.38. The molecule has 2 amide bonds. The summed E-state index contributed by atoms with van der Waals surface area (Å²) in [4.78, 5) is 46.0. The highest BCUT2D eigenvalue weighted by molar-refractivity contribution is 6.04. The number of hydrogen-bond donors (Lipinski definition) is 4. The number of carboxylic acid groups (broad SMARTS) is 1. The van der Waals surface area contributed by atoms with E-state index in [-0.39, 0.29) is 28.7 Å². The second-order valence-corrected chi connectivity index (χ2v) is 10.5. The summed E-state index contributed by atoms with van der Waals surface area (Å²) in [7, 11) is 0.